The lowest BCUT2D eigenvalue weighted by atomic mass is 10.1. The second-order valence-corrected chi connectivity index (χ2v) is 5.72. The van der Waals surface area contributed by atoms with E-state index in [9.17, 15) is 14.4 Å². The number of hydrogen-bond acceptors (Lipinski definition) is 6. The average molecular weight is 372 g/mol. The molecule has 0 spiro atoms. The van der Waals surface area contributed by atoms with E-state index in [4.69, 9.17) is 5.73 Å². The van der Waals surface area contributed by atoms with E-state index in [1.165, 1.54) is 32.4 Å². The molecule has 138 valence electrons. The van der Waals surface area contributed by atoms with Gasteiger partial charge in [-0.1, -0.05) is 6.92 Å². The number of rotatable bonds is 3. The van der Waals surface area contributed by atoms with E-state index in [0.717, 1.165) is 0 Å². The maximum Gasteiger partial charge on any atom is 0.338 e. The third-order valence-electron chi connectivity index (χ3n) is 4.04. The summed E-state index contributed by atoms with van der Waals surface area (Å²) in [4.78, 5) is 37.5. The second kappa shape index (κ2) is 8.68. The molecule has 1 aliphatic heterocycles. The fourth-order valence-corrected chi connectivity index (χ4v) is 2.55. The molecule has 1 heterocycles. The molecule has 8 nitrogen and oxygen atoms in total. The third-order valence-corrected chi connectivity index (χ3v) is 4.04. The van der Waals surface area contributed by atoms with Crippen molar-refractivity contribution in [2.45, 2.75) is 13.0 Å². The first-order valence-electron chi connectivity index (χ1n) is 7.49. The third kappa shape index (κ3) is 4.61. The molecular weight excluding hydrogens is 350 g/mol. The van der Waals surface area contributed by atoms with Crippen molar-refractivity contribution in [3.63, 3.8) is 0 Å². The van der Waals surface area contributed by atoms with Gasteiger partial charge >= 0.3 is 18.0 Å². The molecule has 2 atom stereocenters. The van der Waals surface area contributed by atoms with Gasteiger partial charge in [-0.3, -0.25) is 0 Å². The van der Waals surface area contributed by atoms with Crippen LogP contribution in [0.15, 0.2) is 18.2 Å². The van der Waals surface area contributed by atoms with Gasteiger partial charge in [0.25, 0.3) is 0 Å². The van der Waals surface area contributed by atoms with Crippen LogP contribution in [0.3, 0.4) is 0 Å². The highest BCUT2D eigenvalue weighted by Gasteiger charge is 2.30. The van der Waals surface area contributed by atoms with Crippen molar-refractivity contribution in [3.05, 3.63) is 29.3 Å². The second-order valence-electron chi connectivity index (χ2n) is 5.72. The summed E-state index contributed by atoms with van der Waals surface area (Å²) in [5, 5.41) is 2.70. The Morgan fingerprint density at radius 3 is 2.24 bits per heavy atom. The molecule has 0 saturated carbocycles. The Hall–Kier alpha value is -2.32. The van der Waals surface area contributed by atoms with Crippen LogP contribution in [-0.2, 0) is 9.47 Å². The zero-order chi connectivity index (χ0) is 17.9. The molecule has 2 amide bonds. The lowest BCUT2D eigenvalue weighted by Gasteiger charge is -2.17. The largest absolute Gasteiger partial charge is 0.465 e. The minimum atomic E-state index is -0.691. The maximum absolute atomic E-state index is 12.3. The number of carbonyl (C=O) groups excluding carboxylic acids is 3. The first-order valence-corrected chi connectivity index (χ1v) is 7.49. The average Bonchev–Trinajstić information content (AvgIpc) is 2.92. The molecule has 1 aromatic carbocycles. The van der Waals surface area contributed by atoms with Crippen molar-refractivity contribution < 1.29 is 23.9 Å². The van der Waals surface area contributed by atoms with Gasteiger partial charge in [-0.25, -0.2) is 14.4 Å². The Kier molecular flexibility index (Phi) is 7.20. The van der Waals surface area contributed by atoms with Gasteiger partial charge in [0.15, 0.2) is 0 Å². The van der Waals surface area contributed by atoms with Gasteiger partial charge in [0.1, 0.15) is 0 Å². The minimum Gasteiger partial charge on any atom is -0.465 e. The Morgan fingerprint density at radius 2 is 1.72 bits per heavy atom. The van der Waals surface area contributed by atoms with Crippen LogP contribution in [0.5, 0.6) is 0 Å². The number of benzene rings is 1. The fraction of sp³-hybridized carbons (Fsp3) is 0.438. The minimum absolute atomic E-state index is 0. The molecule has 25 heavy (non-hydrogen) atoms. The number of ether oxygens (including phenoxy) is 2. The lowest BCUT2D eigenvalue weighted by molar-refractivity contribution is 0.0555. The van der Waals surface area contributed by atoms with E-state index in [1.54, 1.807) is 4.90 Å². The molecule has 1 saturated heterocycles. The smallest absolute Gasteiger partial charge is 0.338 e. The normalized spacial score (nSPS) is 19.0. The molecule has 1 fully saturated rings. The van der Waals surface area contributed by atoms with Crippen LogP contribution in [0.4, 0.5) is 10.5 Å². The topological polar surface area (TPSA) is 111 Å². The Labute approximate surface area is 152 Å². The van der Waals surface area contributed by atoms with Crippen LogP contribution in [0.2, 0.25) is 0 Å². The first kappa shape index (κ1) is 20.7. The lowest BCUT2D eigenvalue weighted by Crippen LogP contribution is -2.35. The highest BCUT2D eigenvalue weighted by Crippen LogP contribution is 2.20. The van der Waals surface area contributed by atoms with E-state index >= 15 is 0 Å². The summed E-state index contributed by atoms with van der Waals surface area (Å²) in [5.74, 6) is -1.13. The van der Waals surface area contributed by atoms with Crippen molar-refractivity contribution in [1.29, 1.82) is 0 Å². The number of halogens is 1. The van der Waals surface area contributed by atoms with Gasteiger partial charge in [-0.15, -0.1) is 12.4 Å². The van der Waals surface area contributed by atoms with Gasteiger partial charge in [0, 0.05) is 24.8 Å². The quantitative estimate of drug-likeness (QED) is 0.779. The van der Waals surface area contributed by atoms with Crippen molar-refractivity contribution in [2.75, 3.05) is 32.6 Å². The SMILES string of the molecule is COC(=O)c1ccc(NC(=O)N2CC(C)C(N)C2)cc1C(=O)OC.Cl. The van der Waals surface area contributed by atoms with Crippen molar-refractivity contribution in [1.82, 2.24) is 4.90 Å². The van der Waals surface area contributed by atoms with E-state index in [2.05, 4.69) is 14.8 Å². The predicted octanol–water partition coefficient (Wildman–Crippen LogP) is 1.49. The maximum atomic E-state index is 12.3. The number of nitrogens with two attached hydrogens (primary N) is 1. The Morgan fingerprint density at radius 1 is 1.12 bits per heavy atom. The summed E-state index contributed by atoms with van der Waals surface area (Å²) >= 11 is 0. The number of likely N-dealkylation sites (tertiary alicyclic amines) is 1. The summed E-state index contributed by atoms with van der Waals surface area (Å²) in [5.41, 5.74) is 6.38. The van der Waals surface area contributed by atoms with Crippen LogP contribution in [0.25, 0.3) is 0 Å². The number of amides is 2. The van der Waals surface area contributed by atoms with Crippen LogP contribution < -0.4 is 11.1 Å². The van der Waals surface area contributed by atoms with E-state index in [1.807, 2.05) is 6.92 Å². The number of nitrogens with one attached hydrogen (secondary N) is 1. The van der Waals surface area contributed by atoms with Crippen LogP contribution in [0.1, 0.15) is 27.6 Å². The highest BCUT2D eigenvalue weighted by molar-refractivity contribution is 6.04. The molecule has 2 rings (SSSR count). The number of nitrogens with zero attached hydrogens (tertiary/aromatic N) is 1. The molecule has 1 aliphatic rings. The van der Waals surface area contributed by atoms with Crippen LogP contribution in [0, 0.1) is 5.92 Å². The molecular formula is C16H22ClN3O5. The summed E-state index contributed by atoms with van der Waals surface area (Å²) in [6.07, 6.45) is 0. The van der Waals surface area contributed by atoms with E-state index in [-0.39, 0.29) is 41.5 Å². The molecule has 3 N–H and O–H groups in total. The number of anilines is 1. The molecule has 0 aliphatic carbocycles. The number of methoxy groups -OCH3 is 2. The summed E-state index contributed by atoms with van der Waals surface area (Å²) in [7, 11) is 2.43. The van der Waals surface area contributed by atoms with Crippen LogP contribution >= 0.6 is 12.4 Å². The van der Waals surface area contributed by atoms with Crippen LogP contribution in [-0.4, -0.2) is 56.2 Å². The highest BCUT2D eigenvalue weighted by atomic mass is 35.5. The van der Waals surface area contributed by atoms with E-state index < -0.39 is 11.9 Å². The zero-order valence-electron chi connectivity index (χ0n) is 14.3. The van der Waals surface area contributed by atoms with Gasteiger partial charge in [-0.2, -0.15) is 0 Å². The fourth-order valence-electron chi connectivity index (χ4n) is 2.55. The summed E-state index contributed by atoms with van der Waals surface area (Å²) < 4.78 is 9.31. The first-order chi connectivity index (χ1) is 11.4. The van der Waals surface area contributed by atoms with Gasteiger partial charge in [-0.05, 0) is 24.1 Å². The van der Waals surface area contributed by atoms with E-state index in [0.29, 0.717) is 18.8 Å². The van der Waals surface area contributed by atoms with Gasteiger partial charge in [0.05, 0.1) is 25.3 Å². The molecule has 0 aromatic heterocycles. The van der Waals surface area contributed by atoms with Gasteiger partial charge in [0.2, 0.25) is 0 Å². The van der Waals surface area contributed by atoms with Crippen molar-refractivity contribution >= 4 is 36.1 Å². The predicted molar refractivity (Wildman–Crippen MR) is 94.1 cm³/mol. The number of carbonyl (C=O) groups is 3. The number of hydrogen-bond donors (Lipinski definition) is 2. The van der Waals surface area contributed by atoms with Crippen molar-refractivity contribution in [3.8, 4) is 0 Å². The summed E-state index contributed by atoms with van der Waals surface area (Å²) in [6, 6.07) is 3.96. The Balaban J connectivity index is 0.00000312. The Bertz CT molecular complexity index is 657. The molecule has 9 heteroatoms. The molecule has 1 aromatic rings. The number of urea groups is 1. The van der Waals surface area contributed by atoms with Crippen molar-refractivity contribution in [2.24, 2.45) is 11.7 Å². The standard InChI is InChI=1S/C16H21N3O5.ClH/c1-9-7-19(8-13(9)17)16(22)18-10-4-5-11(14(20)23-2)12(6-10)15(21)24-3;/h4-6,9,13H,7-8,17H2,1-3H3,(H,18,22);1H. The monoisotopic (exact) mass is 371 g/mol. The van der Waals surface area contributed by atoms with Gasteiger partial charge < -0.3 is 25.4 Å². The number of esters is 2. The molecule has 2 unspecified atom stereocenters. The summed E-state index contributed by atoms with van der Waals surface area (Å²) in [6.45, 7) is 3.02. The zero-order valence-corrected chi connectivity index (χ0v) is 15.1. The molecule has 0 radical (unpaired) electrons. The molecule has 0 bridgehead atoms.